The van der Waals surface area contributed by atoms with E-state index in [0.717, 1.165) is 5.92 Å². The summed E-state index contributed by atoms with van der Waals surface area (Å²) in [4.78, 5) is 2.61. The number of nitrogens with one attached hydrogen (secondary N) is 1. The van der Waals surface area contributed by atoms with Crippen LogP contribution >= 0.6 is 0 Å². The molecule has 1 heterocycles. The molecule has 17 heavy (non-hydrogen) atoms. The van der Waals surface area contributed by atoms with Gasteiger partial charge in [0.25, 0.3) is 0 Å². The van der Waals surface area contributed by atoms with Crippen molar-refractivity contribution in [2.24, 2.45) is 5.92 Å². The molecule has 0 bridgehead atoms. The molecule has 102 valence electrons. The van der Waals surface area contributed by atoms with Gasteiger partial charge in [0, 0.05) is 0 Å². The Kier molecular flexibility index (Phi) is 8.72. The van der Waals surface area contributed by atoms with Crippen molar-refractivity contribution in [3.63, 3.8) is 0 Å². The molecular formula is C15H32N2. The SMILES string of the molecule is CCCCC(CC)CNCCCN1CCCC1. The van der Waals surface area contributed by atoms with Gasteiger partial charge in [-0.2, -0.15) is 0 Å². The van der Waals surface area contributed by atoms with Crippen LogP contribution < -0.4 is 5.32 Å². The summed E-state index contributed by atoms with van der Waals surface area (Å²) in [5.74, 6) is 0.904. The molecule has 1 aliphatic rings. The molecule has 0 radical (unpaired) electrons. The molecule has 1 unspecified atom stereocenters. The second-order valence-corrected chi connectivity index (χ2v) is 5.52. The molecule has 0 amide bonds. The van der Waals surface area contributed by atoms with Crippen molar-refractivity contribution in [1.29, 1.82) is 0 Å². The quantitative estimate of drug-likeness (QED) is 0.590. The van der Waals surface area contributed by atoms with Crippen LogP contribution in [0.25, 0.3) is 0 Å². The lowest BCUT2D eigenvalue weighted by molar-refractivity contribution is 0.327. The zero-order chi connectivity index (χ0) is 12.3. The van der Waals surface area contributed by atoms with Crippen LogP contribution in [0.4, 0.5) is 0 Å². The minimum atomic E-state index is 0.904. The van der Waals surface area contributed by atoms with Gasteiger partial charge in [0.15, 0.2) is 0 Å². The summed E-state index contributed by atoms with van der Waals surface area (Å²) in [5.41, 5.74) is 0. The van der Waals surface area contributed by atoms with Crippen LogP contribution in [-0.4, -0.2) is 37.6 Å². The van der Waals surface area contributed by atoms with E-state index in [1.165, 1.54) is 77.7 Å². The van der Waals surface area contributed by atoms with Gasteiger partial charge in [-0.25, -0.2) is 0 Å². The highest BCUT2D eigenvalue weighted by molar-refractivity contribution is 4.67. The fourth-order valence-electron chi connectivity index (χ4n) is 2.68. The van der Waals surface area contributed by atoms with Crippen LogP contribution in [0.2, 0.25) is 0 Å². The third kappa shape index (κ3) is 7.05. The number of unbranched alkanes of at least 4 members (excludes halogenated alkanes) is 1. The first-order chi connectivity index (χ1) is 8.36. The maximum absolute atomic E-state index is 3.64. The van der Waals surface area contributed by atoms with Crippen LogP contribution in [0.1, 0.15) is 58.8 Å². The molecule has 1 saturated heterocycles. The van der Waals surface area contributed by atoms with Gasteiger partial charge in [-0.1, -0.05) is 33.1 Å². The smallest absolute Gasteiger partial charge is 0.000664 e. The van der Waals surface area contributed by atoms with Crippen LogP contribution in [0, 0.1) is 5.92 Å². The van der Waals surface area contributed by atoms with Gasteiger partial charge >= 0.3 is 0 Å². The van der Waals surface area contributed by atoms with Crippen LogP contribution in [0.3, 0.4) is 0 Å². The molecule has 1 atom stereocenters. The third-order valence-electron chi connectivity index (χ3n) is 4.00. The van der Waals surface area contributed by atoms with Crippen molar-refractivity contribution >= 4 is 0 Å². The number of hydrogen-bond donors (Lipinski definition) is 1. The van der Waals surface area contributed by atoms with Crippen molar-refractivity contribution < 1.29 is 0 Å². The maximum Gasteiger partial charge on any atom is -0.000664 e. The van der Waals surface area contributed by atoms with E-state index in [4.69, 9.17) is 0 Å². The Hall–Kier alpha value is -0.0800. The summed E-state index contributed by atoms with van der Waals surface area (Å²) < 4.78 is 0. The Morgan fingerprint density at radius 2 is 1.88 bits per heavy atom. The number of hydrogen-bond acceptors (Lipinski definition) is 2. The molecule has 0 aromatic rings. The Balaban J connectivity index is 1.90. The molecule has 1 aliphatic heterocycles. The summed E-state index contributed by atoms with van der Waals surface area (Å²) in [5, 5.41) is 3.64. The van der Waals surface area contributed by atoms with Gasteiger partial charge in [0.2, 0.25) is 0 Å². The molecule has 2 heteroatoms. The van der Waals surface area contributed by atoms with Crippen LogP contribution in [0.15, 0.2) is 0 Å². The molecule has 1 N–H and O–H groups in total. The van der Waals surface area contributed by atoms with Gasteiger partial charge in [-0.15, -0.1) is 0 Å². The average Bonchev–Trinajstić information content (AvgIpc) is 2.85. The molecule has 0 aliphatic carbocycles. The maximum atomic E-state index is 3.64. The highest BCUT2D eigenvalue weighted by atomic mass is 15.1. The van der Waals surface area contributed by atoms with E-state index in [0.29, 0.717) is 0 Å². The van der Waals surface area contributed by atoms with Gasteiger partial charge < -0.3 is 10.2 Å². The van der Waals surface area contributed by atoms with Gasteiger partial charge in [-0.05, 0) is 64.3 Å². The lowest BCUT2D eigenvalue weighted by atomic mass is 9.99. The fraction of sp³-hybridized carbons (Fsp3) is 1.00. The van der Waals surface area contributed by atoms with Crippen molar-refractivity contribution in [3.8, 4) is 0 Å². The Morgan fingerprint density at radius 1 is 1.12 bits per heavy atom. The highest BCUT2D eigenvalue weighted by Gasteiger charge is 2.10. The third-order valence-corrected chi connectivity index (χ3v) is 4.00. The Bertz CT molecular complexity index is 164. The Morgan fingerprint density at radius 3 is 2.53 bits per heavy atom. The average molecular weight is 240 g/mol. The molecule has 1 rings (SSSR count). The minimum absolute atomic E-state index is 0.904. The molecular weight excluding hydrogens is 208 g/mol. The normalized spacial score (nSPS) is 18.7. The number of rotatable bonds is 10. The summed E-state index contributed by atoms with van der Waals surface area (Å²) in [7, 11) is 0. The largest absolute Gasteiger partial charge is 0.316 e. The second kappa shape index (κ2) is 9.90. The van der Waals surface area contributed by atoms with E-state index in [9.17, 15) is 0 Å². The van der Waals surface area contributed by atoms with E-state index in [2.05, 4.69) is 24.1 Å². The van der Waals surface area contributed by atoms with Crippen molar-refractivity contribution in [3.05, 3.63) is 0 Å². The first-order valence-corrected chi connectivity index (χ1v) is 7.79. The molecule has 0 aromatic heterocycles. The lowest BCUT2D eigenvalue weighted by Gasteiger charge is -2.17. The van der Waals surface area contributed by atoms with E-state index in [1.807, 2.05) is 0 Å². The van der Waals surface area contributed by atoms with Crippen molar-refractivity contribution in [2.45, 2.75) is 58.8 Å². The first kappa shape index (κ1) is 15.0. The lowest BCUT2D eigenvalue weighted by Crippen LogP contribution is -2.27. The highest BCUT2D eigenvalue weighted by Crippen LogP contribution is 2.11. The van der Waals surface area contributed by atoms with Gasteiger partial charge in [-0.3, -0.25) is 0 Å². The fourth-order valence-corrected chi connectivity index (χ4v) is 2.68. The molecule has 0 saturated carbocycles. The number of nitrogens with zero attached hydrogens (tertiary/aromatic N) is 1. The predicted molar refractivity (Wildman–Crippen MR) is 76.5 cm³/mol. The predicted octanol–water partition coefficient (Wildman–Crippen LogP) is 3.28. The summed E-state index contributed by atoms with van der Waals surface area (Å²) in [6, 6.07) is 0. The van der Waals surface area contributed by atoms with E-state index < -0.39 is 0 Å². The summed E-state index contributed by atoms with van der Waals surface area (Å²) >= 11 is 0. The zero-order valence-electron chi connectivity index (χ0n) is 12.0. The molecule has 2 nitrogen and oxygen atoms in total. The van der Waals surface area contributed by atoms with Crippen LogP contribution in [0.5, 0.6) is 0 Å². The van der Waals surface area contributed by atoms with E-state index in [1.54, 1.807) is 0 Å². The zero-order valence-corrected chi connectivity index (χ0v) is 12.0. The van der Waals surface area contributed by atoms with E-state index >= 15 is 0 Å². The van der Waals surface area contributed by atoms with Crippen molar-refractivity contribution in [2.75, 3.05) is 32.7 Å². The summed E-state index contributed by atoms with van der Waals surface area (Å²) in [6.45, 7) is 11.0. The summed E-state index contributed by atoms with van der Waals surface area (Å²) in [6.07, 6.45) is 9.64. The topological polar surface area (TPSA) is 15.3 Å². The van der Waals surface area contributed by atoms with Gasteiger partial charge in [0.05, 0.1) is 0 Å². The molecule has 1 fully saturated rings. The minimum Gasteiger partial charge on any atom is -0.316 e. The van der Waals surface area contributed by atoms with Crippen LogP contribution in [-0.2, 0) is 0 Å². The molecule has 0 spiro atoms. The second-order valence-electron chi connectivity index (χ2n) is 5.52. The van der Waals surface area contributed by atoms with E-state index in [-0.39, 0.29) is 0 Å². The Labute approximate surface area is 108 Å². The van der Waals surface area contributed by atoms with Gasteiger partial charge in [0.1, 0.15) is 0 Å². The monoisotopic (exact) mass is 240 g/mol. The van der Waals surface area contributed by atoms with Crippen molar-refractivity contribution in [1.82, 2.24) is 10.2 Å². The first-order valence-electron chi connectivity index (χ1n) is 7.79. The standard InChI is InChI=1S/C15H32N2/c1-3-5-9-15(4-2)14-16-10-8-13-17-11-6-7-12-17/h15-16H,3-14H2,1-2H3. The number of likely N-dealkylation sites (tertiary alicyclic amines) is 1. The molecule has 0 aromatic carbocycles.